The highest BCUT2D eigenvalue weighted by atomic mass is 16.5. The fraction of sp³-hybridized carbons (Fsp3) is 0.812. The molecular weight excluding hydrogens is 264 g/mol. The maximum atomic E-state index is 5.96. The lowest BCUT2D eigenvalue weighted by Gasteiger charge is -2.34. The number of aryl methyl sites for hydroxylation is 2. The average molecular weight is 292 g/mol. The Labute approximate surface area is 127 Å². The molecule has 21 heavy (non-hydrogen) atoms. The molecule has 0 amide bonds. The standard InChI is InChI=1S/C16H28N4O/c1-11-14(8-17-16(2,3)4)15(19(5)18-11)20-9-12-6-7-13(10-20)21-12/h12-13,17H,6-10H2,1-5H3. The first-order chi connectivity index (χ1) is 9.83. The van der Waals surface area contributed by atoms with Crippen LogP contribution in [-0.2, 0) is 18.3 Å². The molecule has 2 aliphatic rings. The van der Waals surface area contributed by atoms with E-state index in [0.29, 0.717) is 12.2 Å². The highest BCUT2D eigenvalue weighted by Crippen LogP contribution is 2.32. The Kier molecular flexibility index (Phi) is 3.74. The van der Waals surface area contributed by atoms with Crippen LogP contribution in [0.1, 0.15) is 44.9 Å². The van der Waals surface area contributed by atoms with Crippen LogP contribution in [-0.4, -0.2) is 40.6 Å². The molecule has 0 radical (unpaired) electrons. The third-order valence-electron chi connectivity index (χ3n) is 4.45. The minimum atomic E-state index is 0.115. The van der Waals surface area contributed by atoms with Gasteiger partial charge in [-0.1, -0.05) is 0 Å². The molecule has 0 aromatic carbocycles. The van der Waals surface area contributed by atoms with Gasteiger partial charge in [0.15, 0.2) is 0 Å². The lowest BCUT2D eigenvalue weighted by atomic mass is 10.1. The molecule has 2 bridgehead atoms. The predicted molar refractivity (Wildman–Crippen MR) is 84.6 cm³/mol. The van der Waals surface area contributed by atoms with E-state index in [2.05, 4.69) is 50.1 Å². The number of aromatic nitrogens is 2. The Morgan fingerprint density at radius 2 is 1.86 bits per heavy atom. The number of rotatable bonds is 3. The summed E-state index contributed by atoms with van der Waals surface area (Å²) in [6.07, 6.45) is 3.21. The first-order valence-corrected chi connectivity index (χ1v) is 8.01. The molecule has 118 valence electrons. The summed E-state index contributed by atoms with van der Waals surface area (Å²) in [5.74, 6) is 1.27. The van der Waals surface area contributed by atoms with Gasteiger partial charge < -0.3 is 15.0 Å². The van der Waals surface area contributed by atoms with Crippen LogP contribution in [0.4, 0.5) is 5.82 Å². The normalized spacial score (nSPS) is 25.7. The third kappa shape index (κ3) is 3.09. The molecule has 5 heteroatoms. The van der Waals surface area contributed by atoms with Crippen LogP contribution in [0.3, 0.4) is 0 Å². The van der Waals surface area contributed by atoms with Gasteiger partial charge in [0.2, 0.25) is 0 Å². The molecule has 2 fully saturated rings. The summed E-state index contributed by atoms with van der Waals surface area (Å²) in [6, 6.07) is 0. The second-order valence-electron chi connectivity index (χ2n) is 7.48. The zero-order chi connectivity index (χ0) is 15.2. The van der Waals surface area contributed by atoms with Gasteiger partial charge in [0.25, 0.3) is 0 Å². The van der Waals surface area contributed by atoms with E-state index in [-0.39, 0.29) is 5.54 Å². The van der Waals surface area contributed by atoms with Crippen molar-refractivity contribution in [2.45, 2.75) is 64.8 Å². The van der Waals surface area contributed by atoms with Gasteiger partial charge in [-0.15, -0.1) is 0 Å². The zero-order valence-corrected chi connectivity index (χ0v) is 13.9. The zero-order valence-electron chi connectivity index (χ0n) is 13.9. The predicted octanol–water partition coefficient (Wildman–Crippen LogP) is 1.98. The molecule has 3 rings (SSSR count). The lowest BCUT2D eigenvalue weighted by Crippen LogP contribution is -2.44. The number of nitrogens with one attached hydrogen (secondary N) is 1. The van der Waals surface area contributed by atoms with E-state index in [1.165, 1.54) is 24.2 Å². The molecule has 0 aliphatic carbocycles. The number of anilines is 1. The van der Waals surface area contributed by atoms with Gasteiger partial charge in [-0.2, -0.15) is 5.10 Å². The molecule has 0 spiro atoms. The largest absolute Gasteiger partial charge is 0.371 e. The van der Waals surface area contributed by atoms with E-state index in [1.807, 2.05) is 4.68 Å². The van der Waals surface area contributed by atoms with Crippen LogP contribution in [0.5, 0.6) is 0 Å². The van der Waals surface area contributed by atoms with Gasteiger partial charge in [-0.3, -0.25) is 4.68 Å². The molecular formula is C16H28N4O. The van der Waals surface area contributed by atoms with E-state index in [1.54, 1.807) is 0 Å². The van der Waals surface area contributed by atoms with Crippen LogP contribution in [0.15, 0.2) is 0 Å². The number of fused-ring (bicyclic) bond motifs is 2. The maximum absolute atomic E-state index is 5.96. The summed E-state index contributed by atoms with van der Waals surface area (Å²) in [6.45, 7) is 11.6. The molecule has 2 aliphatic heterocycles. The summed E-state index contributed by atoms with van der Waals surface area (Å²) in [4.78, 5) is 2.48. The van der Waals surface area contributed by atoms with Crippen LogP contribution in [0, 0.1) is 6.92 Å². The van der Waals surface area contributed by atoms with Crippen LogP contribution in [0.25, 0.3) is 0 Å². The van der Waals surface area contributed by atoms with Crippen molar-refractivity contribution in [3.05, 3.63) is 11.3 Å². The van der Waals surface area contributed by atoms with Crippen molar-refractivity contribution in [1.29, 1.82) is 0 Å². The number of hydrogen-bond acceptors (Lipinski definition) is 4. The third-order valence-corrected chi connectivity index (χ3v) is 4.45. The summed E-state index contributed by atoms with van der Waals surface area (Å²) in [5, 5.41) is 8.25. The van der Waals surface area contributed by atoms with Crippen molar-refractivity contribution < 1.29 is 4.74 Å². The fourth-order valence-corrected chi connectivity index (χ4v) is 3.43. The molecule has 0 saturated carbocycles. The average Bonchev–Trinajstić information content (AvgIpc) is 2.85. The van der Waals surface area contributed by atoms with Gasteiger partial charge in [0.1, 0.15) is 5.82 Å². The van der Waals surface area contributed by atoms with Gasteiger partial charge in [0.05, 0.1) is 17.9 Å². The molecule has 3 heterocycles. The maximum Gasteiger partial charge on any atom is 0.131 e. The Morgan fingerprint density at radius 1 is 1.24 bits per heavy atom. The minimum Gasteiger partial charge on any atom is -0.371 e. The minimum absolute atomic E-state index is 0.115. The van der Waals surface area contributed by atoms with E-state index >= 15 is 0 Å². The number of hydrogen-bond donors (Lipinski definition) is 1. The van der Waals surface area contributed by atoms with Crippen LogP contribution < -0.4 is 10.2 Å². The molecule has 2 atom stereocenters. The Bertz CT molecular complexity index is 505. The quantitative estimate of drug-likeness (QED) is 0.925. The van der Waals surface area contributed by atoms with Crippen LogP contribution >= 0.6 is 0 Å². The van der Waals surface area contributed by atoms with Crippen molar-refractivity contribution >= 4 is 5.82 Å². The Balaban J connectivity index is 1.84. The van der Waals surface area contributed by atoms with Crippen molar-refractivity contribution in [3.63, 3.8) is 0 Å². The molecule has 1 aromatic heterocycles. The summed E-state index contributed by atoms with van der Waals surface area (Å²) in [7, 11) is 2.06. The van der Waals surface area contributed by atoms with Gasteiger partial charge in [0, 0.05) is 37.8 Å². The SMILES string of the molecule is Cc1nn(C)c(N2CC3CCC(C2)O3)c1CNC(C)(C)C. The van der Waals surface area contributed by atoms with Crippen molar-refractivity contribution in [2.75, 3.05) is 18.0 Å². The van der Waals surface area contributed by atoms with E-state index < -0.39 is 0 Å². The highest BCUT2D eigenvalue weighted by Gasteiger charge is 2.35. The Morgan fingerprint density at radius 3 is 2.43 bits per heavy atom. The second kappa shape index (κ2) is 5.29. The van der Waals surface area contributed by atoms with Crippen LogP contribution in [0.2, 0.25) is 0 Å². The van der Waals surface area contributed by atoms with Gasteiger partial charge >= 0.3 is 0 Å². The topological polar surface area (TPSA) is 42.3 Å². The molecule has 2 saturated heterocycles. The van der Waals surface area contributed by atoms with Gasteiger partial charge in [-0.25, -0.2) is 0 Å². The second-order valence-corrected chi connectivity index (χ2v) is 7.48. The van der Waals surface area contributed by atoms with Crippen molar-refractivity contribution in [2.24, 2.45) is 7.05 Å². The monoisotopic (exact) mass is 292 g/mol. The van der Waals surface area contributed by atoms with E-state index in [9.17, 15) is 0 Å². The van der Waals surface area contributed by atoms with Crippen molar-refractivity contribution in [3.8, 4) is 0 Å². The number of nitrogens with zero attached hydrogens (tertiary/aromatic N) is 3. The Hall–Kier alpha value is -1.07. The highest BCUT2D eigenvalue weighted by molar-refractivity contribution is 5.51. The molecule has 1 N–H and O–H groups in total. The lowest BCUT2D eigenvalue weighted by molar-refractivity contribution is 0.0299. The van der Waals surface area contributed by atoms with Gasteiger partial charge in [-0.05, 0) is 40.5 Å². The van der Waals surface area contributed by atoms with Crippen molar-refractivity contribution in [1.82, 2.24) is 15.1 Å². The van der Waals surface area contributed by atoms with E-state index in [0.717, 1.165) is 25.3 Å². The smallest absolute Gasteiger partial charge is 0.131 e. The molecule has 1 aromatic rings. The first kappa shape index (κ1) is 14.9. The fourth-order valence-electron chi connectivity index (χ4n) is 3.43. The number of ether oxygens (including phenoxy) is 1. The first-order valence-electron chi connectivity index (χ1n) is 8.01. The summed E-state index contributed by atoms with van der Waals surface area (Å²) < 4.78 is 8.00. The molecule has 5 nitrogen and oxygen atoms in total. The molecule has 2 unspecified atom stereocenters. The summed E-state index contributed by atoms with van der Waals surface area (Å²) in [5.41, 5.74) is 2.57. The van der Waals surface area contributed by atoms with E-state index in [4.69, 9.17) is 4.74 Å². The number of morpholine rings is 1. The summed E-state index contributed by atoms with van der Waals surface area (Å²) >= 11 is 0.